The first kappa shape index (κ1) is 18.1. The molecule has 1 amide bonds. The van der Waals surface area contributed by atoms with Gasteiger partial charge in [-0.2, -0.15) is 0 Å². The van der Waals surface area contributed by atoms with Gasteiger partial charge in [0.15, 0.2) is 0 Å². The van der Waals surface area contributed by atoms with Gasteiger partial charge in [-0.25, -0.2) is 4.79 Å². The van der Waals surface area contributed by atoms with Crippen LogP contribution in [0.5, 0.6) is 5.75 Å². The van der Waals surface area contributed by atoms with Crippen LogP contribution >= 0.6 is 11.3 Å². The van der Waals surface area contributed by atoms with Crippen molar-refractivity contribution in [2.24, 2.45) is 0 Å². The van der Waals surface area contributed by atoms with E-state index in [-0.39, 0.29) is 12.1 Å². The Kier molecular flexibility index (Phi) is 4.75. The Bertz CT molecular complexity index is 1050. The van der Waals surface area contributed by atoms with Crippen LogP contribution < -0.4 is 15.4 Å². The Morgan fingerprint density at radius 3 is 2.68 bits per heavy atom. The molecule has 1 aliphatic heterocycles. The van der Waals surface area contributed by atoms with Crippen molar-refractivity contribution < 1.29 is 18.7 Å². The summed E-state index contributed by atoms with van der Waals surface area (Å²) in [5, 5.41) is 7.20. The van der Waals surface area contributed by atoms with Gasteiger partial charge in [0.1, 0.15) is 22.7 Å². The SMILES string of the molecule is Cc1sc2c(c1C)C(=O)NC(c1ccc(OC(=O)C=Cc3ccco3)cc1)N2. The molecule has 142 valence electrons. The monoisotopic (exact) mass is 394 g/mol. The number of fused-ring (bicyclic) bond motifs is 1. The highest BCUT2D eigenvalue weighted by Gasteiger charge is 2.28. The predicted molar refractivity (Wildman–Crippen MR) is 107 cm³/mol. The van der Waals surface area contributed by atoms with Crippen LogP contribution in [0.4, 0.5) is 5.00 Å². The number of ether oxygens (including phenoxy) is 1. The van der Waals surface area contributed by atoms with E-state index >= 15 is 0 Å². The normalized spacial score (nSPS) is 15.8. The zero-order chi connectivity index (χ0) is 19.7. The number of hydrogen-bond acceptors (Lipinski definition) is 6. The minimum atomic E-state index is -0.498. The quantitative estimate of drug-likeness (QED) is 0.389. The number of nitrogens with one attached hydrogen (secondary N) is 2. The summed E-state index contributed by atoms with van der Waals surface area (Å²) in [4.78, 5) is 25.5. The molecule has 1 atom stereocenters. The summed E-state index contributed by atoms with van der Waals surface area (Å²) in [5.41, 5.74) is 2.59. The molecule has 1 aliphatic rings. The van der Waals surface area contributed by atoms with Crippen LogP contribution in [0.15, 0.2) is 53.2 Å². The third-order valence-corrected chi connectivity index (χ3v) is 5.66. The summed E-state index contributed by atoms with van der Waals surface area (Å²) in [6, 6.07) is 10.5. The molecule has 28 heavy (non-hydrogen) atoms. The van der Waals surface area contributed by atoms with E-state index < -0.39 is 5.97 Å². The molecule has 1 aromatic carbocycles. The van der Waals surface area contributed by atoms with E-state index in [1.54, 1.807) is 41.7 Å². The summed E-state index contributed by atoms with van der Waals surface area (Å²) in [5.74, 6) is 0.412. The topological polar surface area (TPSA) is 80.6 Å². The molecule has 3 aromatic rings. The summed E-state index contributed by atoms with van der Waals surface area (Å²) in [6.07, 6.45) is 4.05. The first-order valence-electron chi connectivity index (χ1n) is 8.72. The van der Waals surface area contributed by atoms with Gasteiger partial charge in [-0.15, -0.1) is 11.3 Å². The van der Waals surface area contributed by atoms with E-state index in [1.165, 1.54) is 12.3 Å². The number of anilines is 1. The summed E-state index contributed by atoms with van der Waals surface area (Å²) in [7, 11) is 0. The minimum absolute atomic E-state index is 0.0841. The highest BCUT2D eigenvalue weighted by Crippen LogP contribution is 2.37. The maximum absolute atomic E-state index is 12.5. The van der Waals surface area contributed by atoms with Crippen molar-refractivity contribution in [2.75, 3.05) is 5.32 Å². The number of benzene rings is 1. The number of esters is 1. The lowest BCUT2D eigenvalue weighted by Crippen LogP contribution is -2.38. The van der Waals surface area contributed by atoms with Crippen molar-refractivity contribution in [1.29, 1.82) is 0 Å². The Balaban J connectivity index is 1.43. The summed E-state index contributed by atoms with van der Waals surface area (Å²) < 4.78 is 10.4. The molecule has 3 heterocycles. The van der Waals surface area contributed by atoms with Crippen LogP contribution in [0.2, 0.25) is 0 Å². The molecule has 7 heteroatoms. The molecule has 2 N–H and O–H groups in total. The zero-order valence-corrected chi connectivity index (χ0v) is 16.1. The van der Waals surface area contributed by atoms with Crippen molar-refractivity contribution in [2.45, 2.75) is 20.0 Å². The van der Waals surface area contributed by atoms with Gasteiger partial charge in [-0.3, -0.25) is 4.79 Å². The first-order chi connectivity index (χ1) is 13.5. The standard InChI is InChI=1S/C21H18N2O4S/c1-12-13(2)28-21-18(12)20(25)22-19(23-21)14-5-7-16(8-6-14)27-17(24)10-9-15-4-3-11-26-15/h3-11,19,23H,1-2H3,(H,22,25). The molecule has 0 aliphatic carbocycles. The molecule has 0 saturated carbocycles. The molecular formula is C21H18N2O4S. The molecular weight excluding hydrogens is 376 g/mol. The van der Waals surface area contributed by atoms with Crippen LogP contribution in [0.1, 0.15) is 38.3 Å². The Hall–Kier alpha value is -3.32. The number of carbonyl (C=O) groups excluding carboxylic acids is 2. The number of amides is 1. The van der Waals surface area contributed by atoms with Crippen LogP contribution in [-0.2, 0) is 4.79 Å². The third-order valence-electron chi connectivity index (χ3n) is 4.52. The Morgan fingerprint density at radius 2 is 1.96 bits per heavy atom. The number of hydrogen-bond donors (Lipinski definition) is 2. The smallest absolute Gasteiger partial charge is 0.336 e. The number of aryl methyl sites for hydroxylation is 1. The van der Waals surface area contributed by atoms with Gasteiger partial charge in [0.05, 0.1) is 11.8 Å². The van der Waals surface area contributed by atoms with Crippen LogP contribution in [0.25, 0.3) is 6.08 Å². The van der Waals surface area contributed by atoms with E-state index in [0.717, 1.165) is 21.0 Å². The van der Waals surface area contributed by atoms with Gasteiger partial charge in [0.25, 0.3) is 5.91 Å². The van der Waals surface area contributed by atoms with Gasteiger partial charge < -0.3 is 19.8 Å². The number of carbonyl (C=O) groups is 2. The highest BCUT2D eigenvalue weighted by molar-refractivity contribution is 7.16. The molecule has 0 bridgehead atoms. The second-order valence-corrected chi connectivity index (χ2v) is 7.60. The van der Waals surface area contributed by atoms with Gasteiger partial charge in [-0.05, 0) is 55.3 Å². The second kappa shape index (κ2) is 7.36. The maximum Gasteiger partial charge on any atom is 0.336 e. The lowest BCUT2D eigenvalue weighted by molar-refractivity contribution is -0.128. The molecule has 4 rings (SSSR count). The van der Waals surface area contributed by atoms with Crippen molar-refractivity contribution >= 4 is 34.3 Å². The molecule has 0 saturated heterocycles. The molecule has 6 nitrogen and oxygen atoms in total. The molecule has 1 unspecified atom stereocenters. The Labute approximate surface area is 165 Å². The zero-order valence-electron chi connectivity index (χ0n) is 15.3. The van der Waals surface area contributed by atoms with Gasteiger partial charge in [-0.1, -0.05) is 12.1 Å². The fourth-order valence-corrected chi connectivity index (χ4v) is 4.04. The highest BCUT2D eigenvalue weighted by atomic mass is 32.1. The van der Waals surface area contributed by atoms with E-state index in [0.29, 0.717) is 17.1 Å². The predicted octanol–water partition coefficient (Wildman–Crippen LogP) is 4.43. The first-order valence-corrected chi connectivity index (χ1v) is 9.53. The van der Waals surface area contributed by atoms with Crippen LogP contribution in [0.3, 0.4) is 0 Å². The molecule has 0 spiro atoms. The van der Waals surface area contributed by atoms with Gasteiger partial charge in [0, 0.05) is 11.0 Å². The van der Waals surface area contributed by atoms with Gasteiger partial charge >= 0.3 is 5.97 Å². The van der Waals surface area contributed by atoms with Gasteiger partial charge in [0.2, 0.25) is 0 Å². The largest absolute Gasteiger partial charge is 0.465 e. The fraction of sp³-hybridized carbons (Fsp3) is 0.143. The number of thiophene rings is 1. The number of rotatable bonds is 4. The van der Waals surface area contributed by atoms with Crippen molar-refractivity contribution in [3.63, 3.8) is 0 Å². The lowest BCUT2D eigenvalue weighted by atomic mass is 10.1. The summed E-state index contributed by atoms with van der Waals surface area (Å²) >= 11 is 1.58. The maximum atomic E-state index is 12.5. The van der Waals surface area contributed by atoms with Crippen molar-refractivity contribution in [1.82, 2.24) is 5.32 Å². The summed E-state index contributed by atoms with van der Waals surface area (Å²) in [6.45, 7) is 3.96. The van der Waals surface area contributed by atoms with Crippen LogP contribution in [0, 0.1) is 13.8 Å². The second-order valence-electron chi connectivity index (χ2n) is 6.38. The molecule has 0 fully saturated rings. The number of furan rings is 1. The van der Waals surface area contributed by atoms with Crippen molar-refractivity contribution in [3.8, 4) is 5.75 Å². The van der Waals surface area contributed by atoms with Crippen LogP contribution in [-0.4, -0.2) is 11.9 Å². The van der Waals surface area contributed by atoms with Crippen molar-refractivity contribution in [3.05, 3.63) is 76.1 Å². The fourth-order valence-electron chi connectivity index (χ4n) is 2.95. The van der Waals surface area contributed by atoms with E-state index in [9.17, 15) is 9.59 Å². The average molecular weight is 394 g/mol. The van der Waals surface area contributed by atoms with E-state index in [2.05, 4.69) is 10.6 Å². The molecule has 0 radical (unpaired) electrons. The van der Waals surface area contributed by atoms with E-state index in [1.807, 2.05) is 26.0 Å². The third kappa shape index (κ3) is 3.57. The van der Waals surface area contributed by atoms with E-state index in [4.69, 9.17) is 9.15 Å². The minimum Gasteiger partial charge on any atom is -0.465 e. The lowest BCUT2D eigenvalue weighted by Gasteiger charge is -2.26. The Morgan fingerprint density at radius 1 is 1.18 bits per heavy atom. The average Bonchev–Trinajstić information content (AvgIpc) is 3.29. The molecule has 2 aromatic heterocycles.